The number of rotatable bonds is 8. The Morgan fingerprint density at radius 3 is 2.62 bits per heavy atom. The van der Waals surface area contributed by atoms with Crippen LogP contribution in [-0.2, 0) is 25.0 Å². The van der Waals surface area contributed by atoms with Crippen LogP contribution in [0.3, 0.4) is 0 Å². The number of aryl methyl sites for hydroxylation is 1. The molecule has 2 atom stereocenters. The quantitative estimate of drug-likeness (QED) is 0.391. The first kappa shape index (κ1) is 21.3. The Hall–Kier alpha value is -2.40. The highest BCUT2D eigenvalue weighted by Gasteiger charge is 2.20. The Morgan fingerprint density at radius 1 is 1.21 bits per heavy atom. The fraction of sp³-hybridized carbons (Fsp3) is 0.318. The second-order valence-electron chi connectivity index (χ2n) is 7.09. The van der Waals surface area contributed by atoms with E-state index < -0.39 is 6.10 Å². The predicted molar refractivity (Wildman–Crippen MR) is 121 cm³/mol. The zero-order valence-electron chi connectivity index (χ0n) is 17.1. The van der Waals surface area contributed by atoms with Gasteiger partial charge in [-0.1, -0.05) is 30.3 Å². The summed E-state index contributed by atoms with van der Waals surface area (Å²) in [4.78, 5) is 0. The van der Waals surface area contributed by atoms with Gasteiger partial charge in [0.05, 0.1) is 36.0 Å². The number of nitrogens with two attached hydrogens (primary N) is 1. The van der Waals surface area contributed by atoms with Crippen molar-refractivity contribution in [3.8, 4) is 0 Å². The van der Waals surface area contributed by atoms with E-state index in [1.54, 1.807) is 4.68 Å². The summed E-state index contributed by atoms with van der Waals surface area (Å²) >= 11 is 0. The maximum absolute atomic E-state index is 10.9. The van der Waals surface area contributed by atoms with Gasteiger partial charge in [-0.05, 0) is 48.0 Å². The van der Waals surface area contributed by atoms with Crippen LogP contribution < -0.4 is 16.4 Å². The predicted octanol–water partition coefficient (Wildman–Crippen LogP) is 3.04. The summed E-state index contributed by atoms with van der Waals surface area (Å²) in [7, 11) is 4.53. The number of aliphatic hydroxyl groups excluding tert-OH is 1. The van der Waals surface area contributed by atoms with Gasteiger partial charge in [0.15, 0.2) is 0 Å². The summed E-state index contributed by atoms with van der Waals surface area (Å²) < 4.78 is 7.58. The lowest BCUT2D eigenvalue weighted by Gasteiger charge is -2.16. The molecule has 7 heteroatoms. The fourth-order valence-electron chi connectivity index (χ4n) is 3.23. The number of nitrogen functional groups attached to an aromatic ring is 1. The third-order valence-corrected chi connectivity index (χ3v) is 5.38. The normalized spacial score (nSPS) is 12.2. The molecular weight excluding hydrogens is 383 g/mol. The number of hydrogen-bond donors (Lipinski definition) is 3. The van der Waals surface area contributed by atoms with E-state index in [1.165, 1.54) is 0 Å². The van der Waals surface area contributed by atoms with Crippen LogP contribution in [0.25, 0.3) is 0 Å². The first-order valence-corrected chi connectivity index (χ1v) is 10.2. The molecule has 3 aromatic rings. The van der Waals surface area contributed by atoms with Gasteiger partial charge < -0.3 is 20.9 Å². The van der Waals surface area contributed by atoms with Crippen molar-refractivity contribution in [2.24, 2.45) is 7.05 Å². The van der Waals surface area contributed by atoms with E-state index in [2.05, 4.69) is 19.7 Å². The summed E-state index contributed by atoms with van der Waals surface area (Å²) in [5.74, 6) is 0. The number of aliphatic hydroxyl groups is 1. The molecule has 0 bridgehead atoms. The molecule has 0 aliphatic rings. The molecule has 0 fully saturated rings. The largest absolute Gasteiger partial charge is 0.397 e. The van der Waals surface area contributed by atoms with E-state index in [-0.39, 0.29) is 0 Å². The number of hydrogen-bond acceptors (Lipinski definition) is 5. The van der Waals surface area contributed by atoms with Crippen molar-refractivity contribution in [2.45, 2.75) is 33.2 Å². The number of anilines is 2. The van der Waals surface area contributed by atoms with Gasteiger partial charge in [0.25, 0.3) is 0 Å². The van der Waals surface area contributed by atoms with Crippen LogP contribution in [0.5, 0.6) is 0 Å². The molecule has 4 N–H and O–H groups in total. The van der Waals surface area contributed by atoms with Gasteiger partial charge in [-0.2, -0.15) is 5.10 Å². The Kier molecular flexibility index (Phi) is 6.91. The van der Waals surface area contributed by atoms with Crippen LogP contribution in [0.1, 0.15) is 41.1 Å². The first-order chi connectivity index (χ1) is 13.9. The topological polar surface area (TPSA) is 85.3 Å². The molecule has 3 rings (SSSR count). The van der Waals surface area contributed by atoms with Gasteiger partial charge in [-0.25, -0.2) is 0 Å². The smallest absolute Gasteiger partial charge is 0.123 e. The number of ether oxygens (including phenoxy) is 1. The van der Waals surface area contributed by atoms with Gasteiger partial charge >= 0.3 is 0 Å². The average molecular weight is 412 g/mol. The minimum atomic E-state index is -0.845. The molecule has 0 aliphatic heterocycles. The molecule has 0 spiro atoms. The van der Waals surface area contributed by atoms with Crippen LogP contribution in [-0.4, -0.2) is 21.4 Å². The zero-order valence-corrected chi connectivity index (χ0v) is 18.3. The minimum Gasteiger partial charge on any atom is -0.397 e. The van der Waals surface area contributed by atoms with E-state index in [1.807, 2.05) is 63.4 Å². The highest BCUT2D eigenvalue weighted by atomic mass is 31.0. The lowest BCUT2D eigenvalue weighted by atomic mass is 9.98. The Balaban J connectivity index is 1.70. The Labute approximate surface area is 174 Å². The van der Waals surface area contributed by atoms with E-state index >= 15 is 0 Å². The van der Waals surface area contributed by atoms with Gasteiger partial charge in [0.2, 0.25) is 0 Å². The molecule has 154 valence electrons. The maximum atomic E-state index is 10.9. The molecule has 6 nitrogen and oxygen atoms in total. The Morgan fingerprint density at radius 2 is 1.93 bits per heavy atom. The van der Waals surface area contributed by atoms with Crippen LogP contribution in [0.15, 0.2) is 42.5 Å². The summed E-state index contributed by atoms with van der Waals surface area (Å²) in [5, 5.41) is 19.7. The lowest BCUT2D eigenvalue weighted by molar-refractivity contribution is 0.102. The third kappa shape index (κ3) is 4.96. The van der Waals surface area contributed by atoms with Crippen LogP contribution >= 0.6 is 9.24 Å². The second-order valence-corrected chi connectivity index (χ2v) is 7.76. The highest BCUT2D eigenvalue weighted by Crippen LogP contribution is 2.32. The average Bonchev–Trinajstić information content (AvgIpc) is 3.07. The molecule has 0 saturated heterocycles. The van der Waals surface area contributed by atoms with Crippen LogP contribution in [0, 0.1) is 6.92 Å². The summed E-state index contributed by atoms with van der Waals surface area (Å²) in [6, 6.07) is 13.8. The van der Waals surface area contributed by atoms with Gasteiger partial charge in [0, 0.05) is 13.6 Å². The molecule has 2 aromatic carbocycles. The van der Waals surface area contributed by atoms with Crippen molar-refractivity contribution in [3.63, 3.8) is 0 Å². The van der Waals surface area contributed by atoms with Gasteiger partial charge in [-0.3, -0.25) is 4.68 Å². The molecule has 1 heterocycles. The molecule has 1 aromatic heterocycles. The number of benzene rings is 2. The summed E-state index contributed by atoms with van der Waals surface area (Å²) in [5.41, 5.74) is 12.0. The molecule has 0 saturated carbocycles. The van der Waals surface area contributed by atoms with Crippen molar-refractivity contribution < 1.29 is 9.84 Å². The Bertz CT molecular complexity index is 970. The van der Waals surface area contributed by atoms with Crippen molar-refractivity contribution in [3.05, 3.63) is 70.5 Å². The summed E-state index contributed by atoms with van der Waals surface area (Å²) in [6.07, 6.45) is -0.845. The van der Waals surface area contributed by atoms with Gasteiger partial charge in [-0.15, -0.1) is 9.24 Å². The van der Waals surface area contributed by atoms with Crippen molar-refractivity contribution >= 4 is 25.9 Å². The van der Waals surface area contributed by atoms with Crippen LogP contribution in [0.4, 0.5) is 11.4 Å². The number of nitrogens with zero attached hydrogens (tertiary/aromatic N) is 2. The molecular formula is C22H29N4O2P. The van der Waals surface area contributed by atoms with Crippen LogP contribution in [0.2, 0.25) is 0 Å². The van der Waals surface area contributed by atoms with E-state index in [0.29, 0.717) is 24.6 Å². The lowest BCUT2D eigenvalue weighted by Crippen LogP contribution is -2.08. The molecule has 2 unspecified atom stereocenters. The number of nitrogens with one attached hydrogen (secondary N) is 1. The highest BCUT2D eigenvalue weighted by molar-refractivity contribution is 7.27. The number of aromatic nitrogens is 2. The second kappa shape index (κ2) is 9.40. The minimum absolute atomic E-state index is 0.416. The van der Waals surface area contributed by atoms with E-state index in [9.17, 15) is 5.11 Å². The van der Waals surface area contributed by atoms with Crippen molar-refractivity contribution in [1.82, 2.24) is 9.78 Å². The molecule has 0 radical (unpaired) electrons. The summed E-state index contributed by atoms with van der Waals surface area (Å²) in [6.45, 7) is 5.67. The maximum Gasteiger partial charge on any atom is 0.123 e. The standard InChI is InChI=1S/C22H29N4O2P/c1-4-24-19-10-9-18(14(2)21(19)23)22(27)20-11-16(26(3)25-20)13-28-12-15-5-7-17(29)8-6-15/h5-11,22,24,27H,4,12-13,23,29H2,1-3H3. The van der Waals surface area contributed by atoms with Gasteiger partial charge in [0.1, 0.15) is 6.10 Å². The molecule has 0 aliphatic carbocycles. The monoisotopic (exact) mass is 412 g/mol. The fourth-order valence-corrected chi connectivity index (χ4v) is 3.42. The molecule has 0 amide bonds. The first-order valence-electron chi connectivity index (χ1n) is 9.66. The molecule has 29 heavy (non-hydrogen) atoms. The van der Waals surface area contributed by atoms with E-state index in [0.717, 1.165) is 39.9 Å². The third-order valence-electron chi connectivity index (χ3n) is 4.99. The SMILES string of the molecule is CCNc1ccc(C(O)c2cc(COCc3ccc(P)cc3)n(C)n2)c(C)c1N. The van der Waals surface area contributed by atoms with Crippen molar-refractivity contribution in [2.75, 3.05) is 17.6 Å². The van der Waals surface area contributed by atoms with E-state index in [4.69, 9.17) is 10.5 Å². The zero-order chi connectivity index (χ0) is 21.0. The van der Waals surface area contributed by atoms with Crippen molar-refractivity contribution in [1.29, 1.82) is 0 Å².